The molecule has 1 N–H and O–H groups in total. The van der Waals surface area contributed by atoms with E-state index in [0.29, 0.717) is 12.3 Å². The van der Waals surface area contributed by atoms with E-state index in [4.69, 9.17) is 9.68 Å². The molecule has 0 aliphatic heterocycles. The Morgan fingerprint density at radius 2 is 2.16 bits per heavy atom. The van der Waals surface area contributed by atoms with E-state index < -0.39 is 0 Å². The normalized spacial score (nSPS) is 10.3. The zero-order valence-corrected chi connectivity index (χ0v) is 10.1. The molecule has 0 fully saturated rings. The highest BCUT2D eigenvalue weighted by molar-refractivity contribution is 5.93. The number of benzene rings is 1. The first-order valence-corrected chi connectivity index (χ1v) is 5.92. The topological polar surface area (TPSA) is 61.9 Å². The van der Waals surface area contributed by atoms with E-state index in [1.54, 1.807) is 18.3 Å². The van der Waals surface area contributed by atoms with E-state index in [0.717, 1.165) is 22.2 Å². The first-order chi connectivity index (χ1) is 9.36. The van der Waals surface area contributed by atoms with Crippen molar-refractivity contribution in [3.05, 3.63) is 60.3 Å². The van der Waals surface area contributed by atoms with Crippen molar-refractivity contribution in [2.75, 3.05) is 5.32 Å². The van der Waals surface area contributed by atoms with Gasteiger partial charge >= 0.3 is 0 Å². The van der Waals surface area contributed by atoms with Gasteiger partial charge in [-0.05, 0) is 24.3 Å². The number of fused-ring (bicyclic) bond motifs is 1. The first-order valence-electron chi connectivity index (χ1n) is 5.92. The molecule has 0 saturated carbocycles. The third-order valence-corrected chi connectivity index (χ3v) is 2.91. The zero-order valence-electron chi connectivity index (χ0n) is 10.1. The molecule has 19 heavy (non-hydrogen) atoms. The number of nitrogens with one attached hydrogen (secondary N) is 1. The molecule has 0 bridgehead atoms. The molecule has 0 unspecified atom stereocenters. The van der Waals surface area contributed by atoms with Gasteiger partial charge in [0, 0.05) is 28.9 Å². The molecule has 0 radical (unpaired) electrons. The summed E-state index contributed by atoms with van der Waals surface area (Å²) < 4.78 is 5.33. The van der Waals surface area contributed by atoms with Crippen LogP contribution in [0.4, 0.5) is 5.69 Å². The predicted molar refractivity (Wildman–Crippen MR) is 72.5 cm³/mol. The zero-order chi connectivity index (χ0) is 13.1. The maximum absolute atomic E-state index is 8.71. The van der Waals surface area contributed by atoms with Crippen molar-refractivity contribution in [3.8, 4) is 6.07 Å². The number of furan rings is 1. The number of hydrogen-bond acceptors (Lipinski definition) is 4. The molecule has 4 heteroatoms. The number of pyridine rings is 1. The van der Waals surface area contributed by atoms with Gasteiger partial charge in [0.05, 0.1) is 6.54 Å². The summed E-state index contributed by atoms with van der Waals surface area (Å²) in [5, 5.41) is 14.2. The third kappa shape index (κ3) is 2.26. The van der Waals surface area contributed by atoms with E-state index in [1.807, 2.05) is 36.5 Å². The van der Waals surface area contributed by atoms with Crippen LogP contribution in [-0.4, -0.2) is 4.98 Å². The van der Waals surface area contributed by atoms with Crippen molar-refractivity contribution in [1.82, 2.24) is 4.98 Å². The highest BCUT2D eigenvalue weighted by Gasteiger charge is 2.03. The summed E-state index contributed by atoms with van der Waals surface area (Å²) in [4.78, 5) is 4.10. The van der Waals surface area contributed by atoms with E-state index >= 15 is 0 Å². The fraction of sp³-hybridized carbons (Fsp3) is 0.0667. The van der Waals surface area contributed by atoms with Crippen LogP contribution < -0.4 is 5.32 Å². The van der Waals surface area contributed by atoms with Gasteiger partial charge in [-0.1, -0.05) is 12.1 Å². The van der Waals surface area contributed by atoms with Crippen LogP contribution in [0, 0.1) is 11.3 Å². The Kier molecular flexibility index (Phi) is 2.87. The molecule has 0 aliphatic carbocycles. The molecule has 2 aromatic heterocycles. The molecule has 3 rings (SSSR count). The maximum Gasteiger partial charge on any atom is 0.203 e. The molecular formula is C15H11N3O. The number of nitrogens with zero attached hydrogens (tertiary/aromatic N) is 2. The van der Waals surface area contributed by atoms with Crippen molar-refractivity contribution in [3.63, 3.8) is 0 Å². The largest absolute Gasteiger partial charge is 0.449 e. The van der Waals surface area contributed by atoms with Gasteiger partial charge in [-0.15, -0.1) is 0 Å². The average molecular weight is 249 g/mol. The second-order valence-corrected chi connectivity index (χ2v) is 4.13. The average Bonchev–Trinajstić information content (AvgIpc) is 2.93. The molecule has 1 aromatic carbocycles. The Morgan fingerprint density at radius 1 is 1.21 bits per heavy atom. The standard InChI is InChI=1S/C15H11N3O/c16-8-12-4-5-13(19-12)10-18-15-3-1-2-11-9-17-7-6-14(11)15/h1-7,9,18H,10H2. The lowest BCUT2D eigenvalue weighted by Crippen LogP contribution is -1.98. The molecule has 4 nitrogen and oxygen atoms in total. The van der Waals surface area contributed by atoms with E-state index in [-0.39, 0.29) is 0 Å². The van der Waals surface area contributed by atoms with Gasteiger partial charge in [-0.3, -0.25) is 4.98 Å². The second kappa shape index (κ2) is 4.83. The van der Waals surface area contributed by atoms with Crippen molar-refractivity contribution >= 4 is 16.5 Å². The van der Waals surface area contributed by atoms with Gasteiger partial charge < -0.3 is 9.73 Å². The quantitative estimate of drug-likeness (QED) is 0.773. The lowest BCUT2D eigenvalue weighted by atomic mass is 10.1. The van der Waals surface area contributed by atoms with Crippen LogP contribution >= 0.6 is 0 Å². The van der Waals surface area contributed by atoms with Gasteiger partial charge in [-0.25, -0.2) is 0 Å². The van der Waals surface area contributed by atoms with Gasteiger partial charge in [-0.2, -0.15) is 5.26 Å². The Hall–Kier alpha value is -2.80. The minimum Gasteiger partial charge on any atom is -0.449 e. The van der Waals surface area contributed by atoms with Crippen molar-refractivity contribution < 1.29 is 4.42 Å². The van der Waals surface area contributed by atoms with Crippen LogP contribution in [0.1, 0.15) is 11.5 Å². The van der Waals surface area contributed by atoms with Crippen molar-refractivity contribution in [2.24, 2.45) is 0 Å². The fourth-order valence-corrected chi connectivity index (χ4v) is 1.99. The molecule has 92 valence electrons. The van der Waals surface area contributed by atoms with E-state index in [1.165, 1.54) is 0 Å². The van der Waals surface area contributed by atoms with Gasteiger partial charge in [0.2, 0.25) is 5.76 Å². The molecule has 0 saturated heterocycles. The van der Waals surface area contributed by atoms with Crippen molar-refractivity contribution in [2.45, 2.75) is 6.54 Å². The SMILES string of the molecule is N#Cc1ccc(CNc2cccc3cnccc23)o1. The summed E-state index contributed by atoms with van der Waals surface area (Å²) in [6.07, 6.45) is 3.61. The number of nitriles is 1. The lowest BCUT2D eigenvalue weighted by Gasteiger charge is -2.07. The van der Waals surface area contributed by atoms with E-state index in [2.05, 4.69) is 10.3 Å². The van der Waals surface area contributed by atoms with Gasteiger partial charge in [0.15, 0.2) is 0 Å². The number of rotatable bonds is 3. The Bertz CT molecular complexity index is 750. The van der Waals surface area contributed by atoms with Crippen LogP contribution in [0.5, 0.6) is 0 Å². The van der Waals surface area contributed by atoms with Crippen LogP contribution in [0.2, 0.25) is 0 Å². The van der Waals surface area contributed by atoms with Crippen LogP contribution in [0.25, 0.3) is 10.8 Å². The number of anilines is 1. The summed E-state index contributed by atoms with van der Waals surface area (Å²) in [5.41, 5.74) is 1.02. The summed E-state index contributed by atoms with van der Waals surface area (Å²) in [5.74, 6) is 1.07. The predicted octanol–water partition coefficient (Wildman–Crippen LogP) is 3.31. The first kappa shape index (κ1) is 11.3. The summed E-state index contributed by atoms with van der Waals surface area (Å²) in [6, 6.07) is 13.4. The van der Waals surface area contributed by atoms with Crippen LogP contribution in [0.3, 0.4) is 0 Å². The molecule has 3 aromatic rings. The summed E-state index contributed by atoms with van der Waals surface area (Å²) >= 11 is 0. The Balaban J connectivity index is 1.84. The van der Waals surface area contributed by atoms with Crippen molar-refractivity contribution in [1.29, 1.82) is 5.26 Å². The molecule has 0 amide bonds. The molecule has 0 aliphatic rings. The smallest absolute Gasteiger partial charge is 0.203 e. The minimum atomic E-state index is 0.332. The maximum atomic E-state index is 8.71. The molecule has 0 spiro atoms. The van der Waals surface area contributed by atoms with Gasteiger partial charge in [0.1, 0.15) is 11.8 Å². The summed E-state index contributed by atoms with van der Waals surface area (Å²) in [7, 11) is 0. The Morgan fingerprint density at radius 3 is 3.00 bits per heavy atom. The Labute approximate surface area is 110 Å². The van der Waals surface area contributed by atoms with Crippen LogP contribution in [0.15, 0.2) is 53.2 Å². The minimum absolute atomic E-state index is 0.332. The number of hydrogen-bond donors (Lipinski definition) is 1. The highest BCUT2D eigenvalue weighted by atomic mass is 16.3. The molecule has 2 heterocycles. The summed E-state index contributed by atoms with van der Waals surface area (Å²) in [6.45, 7) is 0.545. The second-order valence-electron chi connectivity index (χ2n) is 4.13. The van der Waals surface area contributed by atoms with Gasteiger partial charge in [0.25, 0.3) is 0 Å². The lowest BCUT2D eigenvalue weighted by molar-refractivity contribution is 0.506. The molecular weight excluding hydrogens is 238 g/mol. The fourth-order valence-electron chi connectivity index (χ4n) is 1.99. The van der Waals surface area contributed by atoms with E-state index in [9.17, 15) is 0 Å². The molecule has 0 atom stereocenters. The number of aromatic nitrogens is 1. The van der Waals surface area contributed by atoms with Crippen LogP contribution in [-0.2, 0) is 6.54 Å². The highest BCUT2D eigenvalue weighted by Crippen LogP contribution is 2.22. The monoisotopic (exact) mass is 249 g/mol. The third-order valence-electron chi connectivity index (χ3n) is 2.91.